The van der Waals surface area contributed by atoms with Crippen molar-refractivity contribution in [2.45, 2.75) is 0 Å². The number of fused-ring (bicyclic) bond motifs is 4. The highest BCUT2D eigenvalue weighted by atomic mass is 14.2. The smallest absolute Gasteiger partial charge is 0.00201 e. The Hall–Kier alpha value is -6.76. The van der Waals surface area contributed by atoms with Crippen molar-refractivity contribution in [2.75, 3.05) is 0 Å². The van der Waals surface area contributed by atoms with Crippen molar-refractivity contribution in [1.29, 1.82) is 0 Å². The van der Waals surface area contributed by atoms with E-state index in [1.54, 1.807) is 0 Å². The van der Waals surface area contributed by atoms with Crippen molar-refractivity contribution >= 4 is 43.1 Å². The average Bonchev–Trinajstić information content (AvgIpc) is 3.23. The summed E-state index contributed by atoms with van der Waals surface area (Å²) in [5.41, 5.74) is 12.4. The van der Waals surface area contributed by atoms with E-state index in [4.69, 9.17) is 0 Å². The van der Waals surface area contributed by atoms with Crippen molar-refractivity contribution in [3.05, 3.63) is 206 Å². The van der Waals surface area contributed by atoms with Gasteiger partial charge < -0.3 is 0 Å². The zero-order valence-electron chi connectivity index (χ0n) is 28.6. The summed E-state index contributed by atoms with van der Waals surface area (Å²) in [6, 6.07) is 75.5. The summed E-state index contributed by atoms with van der Waals surface area (Å²) < 4.78 is 0. The topological polar surface area (TPSA) is 0 Å². The van der Waals surface area contributed by atoms with Gasteiger partial charge in [-0.3, -0.25) is 0 Å². The third kappa shape index (κ3) is 4.92. The molecule has 10 aromatic carbocycles. The largest absolute Gasteiger partial charge is 0.0622 e. The van der Waals surface area contributed by atoms with Gasteiger partial charge in [0.15, 0.2) is 0 Å². The quantitative estimate of drug-likeness (QED) is 0.161. The maximum absolute atomic E-state index is 2.45. The van der Waals surface area contributed by atoms with Crippen LogP contribution in [-0.2, 0) is 0 Å². The second-order valence-electron chi connectivity index (χ2n) is 13.6. The molecule has 0 heteroatoms. The molecule has 0 saturated carbocycles. The highest BCUT2D eigenvalue weighted by Gasteiger charge is 2.20. The minimum absolute atomic E-state index is 1.21. The third-order valence-corrected chi connectivity index (χ3v) is 10.7. The maximum atomic E-state index is 2.45. The van der Waals surface area contributed by atoms with Crippen LogP contribution in [0.5, 0.6) is 0 Å². The predicted molar refractivity (Wildman–Crippen MR) is 224 cm³/mol. The van der Waals surface area contributed by atoms with E-state index in [0.717, 1.165) is 0 Å². The monoisotopic (exact) mass is 658 g/mol. The van der Waals surface area contributed by atoms with E-state index < -0.39 is 0 Å². The number of hydrogen-bond donors (Lipinski definition) is 0. The lowest BCUT2D eigenvalue weighted by atomic mass is 9.83. The molecule has 0 spiro atoms. The van der Waals surface area contributed by atoms with E-state index in [2.05, 4.69) is 206 Å². The summed E-state index contributed by atoms with van der Waals surface area (Å²) >= 11 is 0. The van der Waals surface area contributed by atoms with Crippen LogP contribution in [0.3, 0.4) is 0 Å². The molecule has 10 rings (SSSR count). The van der Waals surface area contributed by atoms with Gasteiger partial charge in [0.2, 0.25) is 0 Å². The van der Waals surface area contributed by atoms with Gasteiger partial charge in [-0.15, -0.1) is 0 Å². The molecule has 0 radical (unpaired) electrons. The number of rotatable bonds is 5. The van der Waals surface area contributed by atoms with Crippen molar-refractivity contribution in [1.82, 2.24) is 0 Å². The Labute approximate surface area is 303 Å². The predicted octanol–water partition coefficient (Wildman–Crippen LogP) is 14.6. The Balaban J connectivity index is 1.31. The van der Waals surface area contributed by atoms with Crippen LogP contribution in [0.1, 0.15) is 0 Å². The summed E-state index contributed by atoms with van der Waals surface area (Å²) in [7, 11) is 0. The highest BCUT2D eigenvalue weighted by molar-refractivity contribution is 6.24. The molecule has 0 unspecified atom stereocenters. The lowest BCUT2D eigenvalue weighted by molar-refractivity contribution is 1.61. The molecule has 0 aliphatic carbocycles. The summed E-state index contributed by atoms with van der Waals surface area (Å²) in [6.07, 6.45) is 0. The van der Waals surface area contributed by atoms with Gasteiger partial charge in [0, 0.05) is 0 Å². The van der Waals surface area contributed by atoms with Gasteiger partial charge in [0.1, 0.15) is 0 Å². The third-order valence-electron chi connectivity index (χ3n) is 10.7. The molecule has 0 saturated heterocycles. The maximum Gasteiger partial charge on any atom is -0.00201 e. The molecule has 0 aliphatic heterocycles. The molecular weight excluding hydrogens is 625 g/mol. The fourth-order valence-electron chi connectivity index (χ4n) is 8.37. The molecule has 0 amide bonds. The first kappa shape index (κ1) is 30.1. The van der Waals surface area contributed by atoms with E-state index in [9.17, 15) is 0 Å². The number of hydrogen-bond acceptors (Lipinski definition) is 0. The molecule has 0 atom stereocenters. The van der Waals surface area contributed by atoms with Gasteiger partial charge in [-0.1, -0.05) is 200 Å². The first-order valence-corrected chi connectivity index (χ1v) is 18.0. The summed E-state index contributed by atoms with van der Waals surface area (Å²) in [4.78, 5) is 0. The van der Waals surface area contributed by atoms with Crippen LogP contribution in [0.15, 0.2) is 206 Å². The molecular formula is C52H34. The molecule has 0 aromatic heterocycles. The molecule has 52 heavy (non-hydrogen) atoms. The van der Waals surface area contributed by atoms with Crippen molar-refractivity contribution in [3.8, 4) is 55.6 Å². The van der Waals surface area contributed by atoms with Crippen LogP contribution >= 0.6 is 0 Å². The molecule has 0 aliphatic rings. The second-order valence-corrected chi connectivity index (χ2v) is 13.6. The van der Waals surface area contributed by atoms with Crippen LogP contribution in [-0.4, -0.2) is 0 Å². The summed E-state index contributed by atoms with van der Waals surface area (Å²) in [5, 5.41) is 10.1. The van der Waals surface area contributed by atoms with Crippen LogP contribution in [0, 0.1) is 0 Å². The standard InChI is InChI=1S/C52H34/c1-4-16-36(17-5-1)42-27-15-29-45-41(32-33-43(51(42)45)37-18-6-2-7-19-37)39-30-31-48-49(34-39)50(38-21-8-3-9-22-38)46-25-12-13-26-47(46)52(48)44-28-14-23-35-20-10-11-24-40(35)44/h1-34H. The molecule has 0 heterocycles. The Morgan fingerprint density at radius 2 is 0.692 bits per heavy atom. The molecule has 0 bridgehead atoms. The Kier molecular flexibility index (Phi) is 7.25. The number of benzene rings is 10. The van der Waals surface area contributed by atoms with Gasteiger partial charge >= 0.3 is 0 Å². The zero-order chi connectivity index (χ0) is 34.4. The first-order valence-electron chi connectivity index (χ1n) is 18.0. The molecule has 0 nitrogen and oxygen atoms in total. The molecule has 10 aromatic rings. The van der Waals surface area contributed by atoms with Gasteiger partial charge in [0.25, 0.3) is 0 Å². The van der Waals surface area contributed by atoms with Gasteiger partial charge in [0.05, 0.1) is 0 Å². The van der Waals surface area contributed by atoms with Crippen molar-refractivity contribution in [3.63, 3.8) is 0 Å². The molecule has 0 fully saturated rings. The van der Waals surface area contributed by atoms with E-state index in [0.29, 0.717) is 0 Å². The highest BCUT2D eigenvalue weighted by Crippen LogP contribution is 2.47. The fraction of sp³-hybridized carbons (Fsp3) is 0. The zero-order valence-corrected chi connectivity index (χ0v) is 28.6. The van der Waals surface area contributed by atoms with Gasteiger partial charge in [-0.25, -0.2) is 0 Å². The SMILES string of the molecule is c1ccc(-c2c3ccccc3c(-c3cccc4ccccc34)c3ccc(-c4ccc(-c5ccccc5)c5c(-c6ccccc6)cccc45)cc23)cc1. The van der Waals surface area contributed by atoms with E-state index in [1.807, 2.05) is 0 Å². The normalized spacial score (nSPS) is 11.5. The molecule has 0 N–H and O–H groups in total. The fourth-order valence-corrected chi connectivity index (χ4v) is 8.37. The first-order chi connectivity index (χ1) is 25.8. The van der Waals surface area contributed by atoms with Crippen LogP contribution < -0.4 is 0 Å². The van der Waals surface area contributed by atoms with Crippen LogP contribution in [0.25, 0.3) is 98.7 Å². The second kappa shape index (κ2) is 12.5. The van der Waals surface area contributed by atoms with Crippen LogP contribution in [0.4, 0.5) is 0 Å². The van der Waals surface area contributed by atoms with E-state index >= 15 is 0 Å². The van der Waals surface area contributed by atoms with E-state index in [-0.39, 0.29) is 0 Å². The Morgan fingerprint density at radius 1 is 0.212 bits per heavy atom. The van der Waals surface area contributed by atoms with Gasteiger partial charge in [-0.05, 0) is 105 Å². The molecule has 242 valence electrons. The van der Waals surface area contributed by atoms with Crippen LogP contribution in [0.2, 0.25) is 0 Å². The lowest BCUT2D eigenvalue weighted by Crippen LogP contribution is -1.93. The Morgan fingerprint density at radius 3 is 1.40 bits per heavy atom. The van der Waals surface area contributed by atoms with Crippen molar-refractivity contribution in [2.24, 2.45) is 0 Å². The lowest BCUT2D eigenvalue weighted by Gasteiger charge is -2.20. The minimum Gasteiger partial charge on any atom is -0.0622 e. The van der Waals surface area contributed by atoms with E-state index in [1.165, 1.54) is 98.7 Å². The van der Waals surface area contributed by atoms with Gasteiger partial charge in [-0.2, -0.15) is 0 Å². The van der Waals surface area contributed by atoms with Crippen molar-refractivity contribution < 1.29 is 0 Å². The average molecular weight is 659 g/mol. The summed E-state index contributed by atoms with van der Waals surface area (Å²) in [6.45, 7) is 0. The summed E-state index contributed by atoms with van der Waals surface area (Å²) in [5.74, 6) is 0. The Bertz CT molecular complexity index is 2870. The minimum atomic E-state index is 1.21.